The summed E-state index contributed by atoms with van der Waals surface area (Å²) in [6, 6.07) is 4.96. The van der Waals surface area contributed by atoms with Gasteiger partial charge >= 0.3 is 0 Å². The zero-order valence-corrected chi connectivity index (χ0v) is 13.1. The van der Waals surface area contributed by atoms with Gasteiger partial charge in [-0.2, -0.15) is 0 Å². The zero-order chi connectivity index (χ0) is 13.5. The number of hydrogen-bond acceptors (Lipinski definition) is 1. The van der Waals surface area contributed by atoms with Crippen molar-refractivity contribution >= 4 is 15.9 Å². The lowest BCUT2D eigenvalue weighted by Crippen LogP contribution is -2.27. The van der Waals surface area contributed by atoms with Crippen LogP contribution < -0.4 is 5.32 Å². The van der Waals surface area contributed by atoms with Crippen LogP contribution in [0, 0.1) is 17.7 Å². The Morgan fingerprint density at radius 1 is 1.28 bits per heavy atom. The molecule has 1 N–H and O–H groups in total. The van der Waals surface area contributed by atoms with E-state index in [9.17, 15) is 4.39 Å². The minimum atomic E-state index is -0.184. The van der Waals surface area contributed by atoms with Crippen molar-refractivity contribution in [1.82, 2.24) is 5.32 Å². The highest BCUT2D eigenvalue weighted by Crippen LogP contribution is 2.22. The van der Waals surface area contributed by atoms with Gasteiger partial charge in [-0.3, -0.25) is 0 Å². The summed E-state index contributed by atoms with van der Waals surface area (Å²) < 4.78 is 13.9. The first-order valence-electron chi connectivity index (χ1n) is 6.67. The summed E-state index contributed by atoms with van der Waals surface area (Å²) in [6.07, 6.45) is 2.12. The molecule has 1 rings (SSSR count). The van der Waals surface area contributed by atoms with Gasteiger partial charge in [0.2, 0.25) is 0 Å². The van der Waals surface area contributed by atoms with E-state index in [-0.39, 0.29) is 5.82 Å². The number of halogens is 2. The van der Waals surface area contributed by atoms with Crippen LogP contribution in [-0.2, 0) is 6.42 Å². The van der Waals surface area contributed by atoms with Crippen LogP contribution in [-0.4, -0.2) is 13.1 Å². The number of hydrogen-bond donors (Lipinski definition) is 1. The van der Waals surface area contributed by atoms with Crippen molar-refractivity contribution < 1.29 is 4.39 Å². The molecule has 1 aromatic carbocycles. The molecule has 0 aliphatic carbocycles. The van der Waals surface area contributed by atoms with Crippen LogP contribution in [0.1, 0.15) is 32.8 Å². The van der Waals surface area contributed by atoms with Gasteiger partial charge in [-0.15, -0.1) is 0 Å². The Hall–Kier alpha value is -0.410. The molecular weight excluding hydrogens is 293 g/mol. The molecule has 0 aliphatic heterocycles. The summed E-state index contributed by atoms with van der Waals surface area (Å²) in [4.78, 5) is 0. The van der Waals surface area contributed by atoms with Crippen molar-refractivity contribution in [2.24, 2.45) is 11.8 Å². The van der Waals surface area contributed by atoms with Crippen LogP contribution in [0.2, 0.25) is 0 Å². The average Bonchev–Trinajstić information content (AvgIpc) is 2.30. The highest BCUT2D eigenvalue weighted by atomic mass is 79.9. The molecule has 18 heavy (non-hydrogen) atoms. The van der Waals surface area contributed by atoms with Crippen LogP contribution >= 0.6 is 15.9 Å². The van der Waals surface area contributed by atoms with Gasteiger partial charge < -0.3 is 5.32 Å². The van der Waals surface area contributed by atoms with Gasteiger partial charge in [0, 0.05) is 4.47 Å². The highest BCUT2D eigenvalue weighted by Gasteiger charge is 2.10. The van der Waals surface area contributed by atoms with Crippen LogP contribution in [0.3, 0.4) is 0 Å². The van der Waals surface area contributed by atoms with Crippen LogP contribution in [0.15, 0.2) is 22.7 Å². The summed E-state index contributed by atoms with van der Waals surface area (Å²) in [5.41, 5.74) is 1.19. The smallest absolute Gasteiger partial charge is 0.124 e. The number of benzene rings is 1. The summed E-state index contributed by atoms with van der Waals surface area (Å²) in [5.74, 6) is 1.10. The maximum Gasteiger partial charge on any atom is 0.124 e. The molecule has 0 amide bonds. The van der Waals surface area contributed by atoms with E-state index in [1.54, 1.807) is 6.07 Å². The average molecular weight is 316 g/mol. The van der Waals surface area contributed by atoms with E-state index in [4.69, 9.17) is 0 Å². The van der Waals surface area contributed by atoms with Crippen molar-refractivity contribution in [3.63, 3.8) is 0 Å². The van der Waals surface area contributed by atoms with Crippen LogP contribution in [0.25, 0.3) is 0 Å². The lowest BCUT2D eigenvalue weighted by molar-refractivity contribution is 0.437. The third-order valence-electron chi connectivity index (χ3n) is 3.09. The molecule has 0 aromatic heterocycles. The largest absolute Gasteiger partial charge is 0.316 e. The minimum Gasteiger partial charge on any atom is -0.316 e. The van der Waals surface area contributed by atoms with Crippen molar-refractivity contribution in [2.45, 2.75) is 33.6 Å². The molecule has 1 nitrogen and oxygen atoms in total. The van der Waals surface area contributed by atoms with Gasteiger partial charge in [0.1, 0.15) is 5.82 Å². The predicted octanol–water partition coefficient (Wildman–Crippen LogP) is 4.40. The fraction of sp³-hybridized carbons (Fsp3) is 0.600. The van der Waals surface area contributed by atoms with Crippen molar-refractivity contribution in [3.05, 3.63) is 34.1 Å². The van der Waals surface area contributed by atoms with Crippen molar-refractivity contribution in [2.75, 3.05) is 13.1 Å². The minimum absolute atomic E-state index is 0.184. The summed E-state index contributed by atoms with van der Waals surface area (Å²) in [7, 11) is 0. The second-order valence-corrected chi connectivity index (χ2v) is 6.12. The number of rotatable bonds is 7. The van der Waals surface area contributed by atoms with Crippen molar-refractivity contribution in [3.8, 4) is 0 Å². The highest BCUT2D eigenvalue weighted by molar-refractivity contribution is 9.10. The van der Waals surface area contributed by atoms with E-state index in [1.807, 2.05) is 6.07 Å². The topological polar surface area (TPSA) is 12.0 Å². The number of nitrogens with one attached hydrogen (secondary N) is 1. The molecule has 0 spiro atoms. The molecular formula is C15H23BrFN. The molecule has 0 aliphatic rings. The molecule has 1 aromatic rings. The first-order chi connectivity index (χ1) is 8.52. The first-order valence-corrected chi connectivity index (χ1v) is 7.46. The van der Waals surface area contributed by atoms with E-state index in [0.717, 1.165) is 30.4 Å². The standard InChI is InChI=1S/C15H23BrFN/c1-4-12(10-18-9-11(2)3)7-13-5-6-14(17)8-15(13)16/h5-6,8,11-12,18H,4,7,9-10H2,1-3H3. The fourth-order valence-electron chi connectivity index (χ4n) is 1.94. The Bertz CT molecular complexity index is 366. The zero-order valence-electron chi connectivity index (χ0n) is 11.5. The fourth-order valence-corrected chi connectivity index (χ4v) is 2.45. The molecule has 0 saturated heterocycles. The Morgan fingerprint density at radius 3 is 2.56 bits per heavy atom. The van der Waals surface area contributed by atoms with E-state index in [2.05, 4.69) is 42.0 Å². The predicted molar refractivity (Wildman–Crippen MR) is 79.3 cm³/mol. The molecule has 0 heterocycles. The van der Waals surface area contributed by atoms with Gasteiger partial charge in [0.15, 0.2) is 0 Å². The van der Waals surface area contributed by atoms with E-state index < -0.39 is 0 Å². The normalized spacial score (nSPS) is 13.0. The first kappa shape index (κ1) is 15.6. The third kappa shape index (κ3) is 5.49. The van der Waals surface area contributed by atoms with E-state index in [0.29, 0.717) is 11.8 Å². The van der Waals surface area contributed by atoms with Gasteiger partial charge in [0.05, 0.1) is 0 Å². The molecule has 1 atom stereocenters. The maximum absolute atomic E-state index is 13.0. The summed E-state index contributed by atoms with van der Waals surface area (Å²) in [6.45, 7) is 8.72. The van der Waals surface area contributed by atoms with Crippen molar-refractivity contribution in [1.29, 1.82) is 0 Å². The third-order valence-corrected chi connectivity index (χ3v) is 3.82. The molecule has 0 radical (unpaired) electrons. The van der Waals surface area contributed by atoms with Gasteiger partial charge in [-0.1, -0.05) is 49.2 Å². The summed E-state index contributed by atoms with van der Waals surface area (Å²) >= 11 is 3.44. The van der Waals surface area contributed by atoms with E-state index >= 15 is 0 Å². The summed E-state index contributed by atoms with van der Waals surface area (Å²) in [5, 5.41) is 3.50. The molecule has 3 heteroatoms. The van der Waals surface area contributed by atoms with Gasteiger partial charge in [-0.05, 0) is 49.0 Å². The second kappa shape index (κ2) is 7.90. The Labute approximate surface area is 118 Å². The van der Waals surface area contributed by atoms with Gasteiger partial charge in [-0.25, -0.2) is 4.39 Å². The van der Waals surface area contributed by atoms with Crippen LogP contribution in [0.5, 0.6) is 0 Å². The lowest BCUT2D eigenvalue weighted by atomic mass is 9.96. The monoisotopic (exact) mass is 315 g/mol. The Morgan fingerprint density at radius 2 is 2.00 bits per heavy atom. The Balaban J connectivity index is 2.51. The Kier molecular flexibility index (Phi) is 6.87. The molecule has 0 fully saturated rings. The molecule has 102 valence electrons. The molecule has 0 saturated carbocycles. The quantitative estimate of drug-likeness (QED) is 0.786. The molecule has 1 unspecified atom stereocenters. The van der Waals surface area contributed by atoms with Gasteiger partial charge in [0.25, 0.3) is 0 Å². The lowest BCUT2D eigenvalue weighted by Gasteiger charge is -2.17. The second-order valence-electron chi connectivity index (χ2n) is 5.27. The van der Waals surface area contributed by atoms with E-state index in [1.165, 1.54) is 11.6 Å². The van der Waals surface area contributed by atoms with Crippen LogP contribution in [0.4, 0.5) is 4.39 Å². The SMILES string of the molecule is CCC(CNCC(C)C)Cc1ccc(F)cc1Br. The molecule has 0 bridgehead atoms. The maximum atomic E-state index is 13.0.